The van der Waals surface area contributed by atoms with E-state index in [2.05, 4.69) is 15.6 Å². The van der Waals surface area contributed by atoms with Gasteiger partial charge in [-0.3, -0.25) is 4.79 Å². The minimum absolute atomic E-state index is 0.185. The fourth-order valence-electron chi connectivity index (χ4n) is 1.95. The van der Waals surface area contributed by atoms with Crippen LogP contribution in [-0.4, -0.2) is 27.1 Å². The molecule has 0 saturated heterocycles. The van der Waals surface area contributed by atoms with Crippen LogP contribution in [0.15, 0.2) is 47.8 Å². The molecule has 2 aromatic rings. The van der Waals surface area contributed by atoms with Gasteiger partial charge in [0, 0.05) is 13.1 Å². The number of benzene rings is 1. The SMILES string of the molecule is CC(=O)NC(C)(C)/C(N)=N/OCc1ccn(-c2ccccc2)n1. The van der Waals surface area contributed by atoms with Crippen LogP contribution in [0.1, 0.15) is 26.5 Å². The van der Waals surface area contributed by atoms with Crippen molar-refractivity contribution in [2.45, 2.75) is 32.9 Å². The van der Waals surface area contributed by atoms with Gasteiger partial charge in [0.2, 0.25) is 5.91 Å². The molecule has 122 valence electrons. The normalized spacial score (nSPS) is 12.0. The third kappa shape index (κ3) is 4.57. The molecule has 1 aromatic carbocycles. The lowest BCUT2D eigenvalue weighted by atomic mass is 10.0. The number of carbonyl (C=O) groups excluding carboxylic acids is 1. The maximum absolute atomic E-state index is 11.1. The summed E-state index contributed by atoms with van der Waals surface area (Å²) >= 11 is 0. The predicted octanol–water partition coefficient (Wildman–Crippen LogP) is 1.58. The summed E-state index contributed by atoms with van der Waals surface area (Å²) in [5, 5.41) is 11.0. The third-order valence-electron chi connectivity index (χ3n) is 3.17. The van der Waals surface area contributed by atoms with E-state index in [9.17, 15) is 4.79 Å². The number of hydrogen-bond acceptors (Lipinski definition) is 4. The molecule has 0 aliphatic heterocycles. The highest BCUT2D eigenvalue weighted by molar-refractivity contribution is 5.92. The Kier molecular flexibility index (Phi) is 5.00. The van der Waals surface area contributed by atoms with E-state index in [1.165, 1.54) is 6.92 Å². The summed E-state index contributed by atoms with van der Waals surface area (Å²) in [5.74, 6) is 0.00458. The molecule has 2 rings (SSSR count). The van der Waals surface area contributed by atoms with Crippen molar-refractivity contribution < 1.29 is 9.63 Å². The van der Waals surface area contributed by atoms with E-state index in [1.807, 2.05) is 42.6 Å². The minimum atomic E-state index is -0.769. The Labute approximate surface area is 135 Å². The van der Waals surface area contributed by atoms with Gasteiger partial charge in [0.25, 0.3) is 0 Å². The number of nitrogens with zero attached hydrogens (tertiary/aromatic N) is 3. The Morgan fingerprint density at radius 1 is 1.35 bits per heavy atom. The summed E-state index contributed by atoms with van der Waals surface area (Å²) in [7, 11) is 0. The smallest absolute Gasteiger partial charge is 0.217 e. The van der Waals surface area contributed by atoms with Crippen molar-refractivity contribution in [2.75, 3.05) is 0 Å². The van der Waals surface area contributed by atoms with Crippen molar-refractivity contribution in [1.29, 1.82) is 0 Å². The van der Waals surface area contributed by atoms with Crippen LogP contribution in [0, 0.1) is 0 Å². The van der Waals surface area contributed by atoms with Crippen molar-refractivity contribution in [2.24, 2.45) is 10.9 Å². The van der Waals surface area contributed by atoms with Crippen molar-refractivity contribution in [3.63, 3.8) is 0 Å². The first-order chi connectivity index (χ1) is 10.9. The molecule has 0 spiro atoms. The number of oxime groups is 1. The molecule has 0 saturated carbocycles. The van der Waals surface area contributed by atoms with Gasteiger partial charge < -0.3 is 15.9 Å². The van der Waals surface area contributed by atoms with E-state index in [0.29, 0.717) is 0 Å². The molecule has 7 heteroatoms. The summed E-state index contributed by atoms with van der Waals surface area (Å²) in [6, 6.07) is 11.6. The lowest BCUT2D eigenvalue weighted by Crippen LogP contribution is -2.52. The number of carbonyl (C=O) groups is 1. The number of nitrogens with one attached hydrogen (secondary N) is 1. The van der Waals surface area contributed by atoms with Crippen molar-refractivity contribution in [1.82, 2.24) is 15.1 Å². The quantitative estimate of drug-likeness (QED) is 0.480. The van der Waals surface area contributed by atoms with E-state index in [1.54, 1.807) is 18.5 Å². The van der Waals surface area contributed by atoms with Gasteiger partial charge in [0.1, 0.15) is 5.69 Å². The number of amidine groups is 1. The third-order valence-corrected chi connectivity index (χ3v) is 3.17. The minimum Gasteiger partial charge on any atom is -0.388 e. The fraction of sp³-hybridized carbons (Fsp3) is 0.312. The molecule has 7 nitrogen and oxygen atoms in total. The van der Waals surface area contributed by atoms with Gasteiger partial charge in [-0.25, -0.2) is 4.68 Å². The van der Waals surface area contributed by atoms with E-state index < -0.39 is 5.54 Å². The second-order valence-electron chi connectivity index (χ2n) is 5.64. The highest BCUT2D eigenvalue weighted by atomic mass is 16.6. The molecule has 0 radical (unpaired) electrons. The second-order valence-corrected chi connectivity index (χ2v) is 5.64. The summed E-state index contributed by atoms with van der Waals surface area (Å²) in [6.07, 6.45) is 1.85. The Bertz CT molecular complexity index is 692. The van der Waals surface area contributed by atoms with Crippen LogP contribution >= 0.6 is 0 Å². The molecular formula is C16H21N5O2. The second kappa shape index (κ2) is 6.95. The standard InChI is InChI=1S/C16H21N5O2/c1-12(22)18-16(2,3)15(17)20-23-11-13-9-10-21(19-13)14-7-5-4-6-8-14/h4-10H,11H2,1-3H3,(H2,17,20)(H,18,22). The molecule has 3 N–H and O–H groups in total. The predicted molar refractivity (Wildman–Crippen MR) is 87.9 cm³/mol. The molecule has 0 aliphatic carbocycles. The molecule has 1 amide bonds. The highest BCUT2D eigenvalue weighted by Crippen LogP contribution is 2.08. The van der Waals surface area contributed by atoms with Gasteiger partial charge in [-0.05, 0) is 32.0 Å². The average Bonchev–Trinajstić information content (AvgIpc) is 2.95. The van der Waals surface area contributed by atoms with E-state index in [-0.39, 0.29) is 18.3 Å². The van der Waals surface area contributed by atoms with Crippen LogP contribution in [0.3, 0.4) is 0 Å². The first-order valence-electron chi connectivity index (χ1n) is 7.23. The van der Waals surface area contributed by atoms with E-state index in [0.717, 1.165) is 11.4 Å². The zero-order chi connectivity index (χ0) is 16.9. The molecule has 1 heterocycles. The maximum Gasteiger partial charge on any atom is 0.217 e. The van der Waals surface area contributed by atoms with Gasteiger partial charge in [0.15, 0.2) is 12.4 Å². The number of nitrogens with two attached hydrogens (primary N) is 1. The van der Waals surface area contributed by atoms with Crippen molar-refractivity contribution in [3.8, 4) is 5.69 Å². The summed E-state index contributed by atoms with van der Waals surface area (Å²) < 4.78 is 1.76. The van der Waals surface area contributed by atoms with Gasteiger partial charge in [-0.15, -0.1) is 0 Å². The van der Waals surface area contributed by atoms with Crippen LogP contribution in [-0.2, 0) is 16.2 Å². The van der Waals surface area contributed by atoms with Gasteiger partial charge in [-0.2, -0.15) is 5.10 Å². The maximum atomic E-state index is 11.1. The molecule has 23 heavy (non-hydrogen) atoms. The highest BCUT2D eigenvalue weighted by Gasteiger charge is 2.24. The largest absolute Gasteiger partial charge is 0.388 e. The number of hydrogen-bond donors (Lipinski definition) is 2. The number of aromatic nitrogens is 2. The van der Waals surface area contributed by atoms with Crippen LogP contribution in [0.25, 0.3) is 5.69 Å². The molecule has 0 fully saturated rings. The first kappa shape index (κ1) is 16.5. The Hall–Kier alpha value is -2.83. The molecule has 0 aliphatic rings. The summed E-state index contributed by atoms with van der Waals surface area (Å²) in [5.41, 5.74) is 6.77. The van der Waals surface area contributed by atoms with Gasteiger partial charge in [0.05, 0.1) is 11.2 Å². The molecular weight excluding hydrogens is 294 g/mol. The van der Waals surface area contributed by atoms with Crippen LogP contribution in [0.5, 0.6) is 0 Å². The molecule has 1 aromatic heterocycles. The number of para-hydroxylation sites is 1. The monoisotopic (exact) mass is 315 g/mol. The van der Waals surface area contributed by atoms with Crippen LogP contribution < -0.4 is 11.1 Å². The van der Waals surface area contributed by atoms with Crippen molar-refractivity contribution in [3.05, 3.63) is 48.3 Å². The Morgan fingerprint density at radius 3 is 2.70 bits per heavy atom. The Balaban J connectivity index is 1.95. The number of rotatable bonds is 6. The topological polar surface area (TPSA) is 94.5 Å². The Morgan fingerprint density at radius 2 is 2.04 bits per heavy atom. The number of amides is 1. The van der Waals surface area contributed by atoms with E-state index in [4.69, 9.17) is 10.6 Å². The zero-order valence-corrected chi connectivity index (χ0v) is 13.5. The molecule has 0 bridgehead atoms. The first-order valence-corrected chi connectivity index (χ1v) is 7.23. The molecule has 0 atom stereocenters. The zero-order valence-electron chi connectivity index (χ0n) is 13.5. The van der Waals surface area contributed by atoms with Crippen LogP contribution in [0.4, 0.5) is 0 Å². The lowest BCUT2D eigenvalue weighted by molar-refractivity contribution is -0.119. The van der Waals surface area contributed by atoms with Gasteiger partial charge in [-0.1, -0.05) is 23.4 Å². The molecule has 0 unspecified atom stereocenters. The summed E-state index contributed by atoms with van der Waals surface area (Å²) in [6.45, 7) is 5.12. The summed E-state index contributed by atoms with van der Waals surface area (Å²) in [4.78, 5) is 16.4. The fourth-order valence-corrected chi connectivity index (χ4v) is 1.95. The van der Waals surface area contributed by atoms with E-state index >= 15 is 0 Å². The van der Waals surface area contributed by atoms with Gasteiger partial charge >= 0.3 is 0 Å². The lowest BCUT2D eigenvalue weighted by Gasteiger charge is -2.23. The van der Waals surface area contributed by atoms with Crippen molar-refractivity contribution >= 4 is 11.7 Å². The van der Waals surface area contributed by atoms with Crippen LogP contribution in [0.2, 0.25) is 0 Å². The average molecular weight is 315 g/mol.